The Morgan fingerprint density at radius 3 is 2.28 bits per heavy atom. The molecule has 4 saturated carbocycles. The third-order valence-electron chi connectivity index (χ3n) is 7.93. The first kappa shape index (κ1) is 21.9. The van der Waals surface area contributed by atoms with Crippen LogP contribution in [-0.2, 0) is 14.3 Å². The Hall–Kier alpha value is -1.93. The summed E-state index contributed by atoms with van der Waals surface area (Å²) in [7, 11) is 0. The summed E-state index contributed by atoms with van der Waals surface area (Å²) in [5.74, 6) is 2.14. The lowest BCUT2D eigenvalue weighted by atomic mass is 9.49. The lowest BCUT2D eigenvalue weighted by molar-refractivity contribution is -0.159. The number of anilines is 1. The zero-order valence-corrected chi connectivity index (χ0v) is 19.6. The van der Waals surface area contributed by atoms with Gasteiger partial charge in [0.2, 0.25) is 11.8 Å². The molecule has 0 aromatic carbocycles. The zero-order chi connectivity index (χ0) is 22.3. The molecule has 174 valence electrons. The summed E-state index contributed by atoms with van der Waals surface area (Å²) in [6.07, 6.45) is 7.34. The fourth-order valence-electron chi connectivity index (χ4n) is 6.96. The minimum Gasteiger partial charge on any atom is -0.462 e. The molecule has 2 heterocycles. The summed E-state index contributed by atoms with van der Waals surface area (Å²) < 4.78 is 5.05. The molecular formula is C24H33N3O4S. The Morgan fingerprint density at radius 1 is 1.06 bits per heavy atom. The van der Waals surface area contributed by atoms with Crippen molar-refractivity contribution in [3.05, 3.63) is 17.0 Å². The van der Waals surface area contributed by atoms with Crippen molar-refractivity contribution in [1.82, 2.24) is 9.80 Å². The average Bonchev–Trinajstić information content (AvgIpc) is 3.21. The van der Waals surface area contributed by atoms with Crippen LogP contribution in [0.3, 0.4) is 0 Å². The Morgan fingerprint density at radius 2 is 1.69 bits per heavy atom. The maximum Gasteiger partial charge on any atom is 0.341 e. The Kier molecular flexibility index (Phi) is 6.01. The topological polar surface area (TPSA) is 79.0 Å². The molecule has 32 heavy (non-hydrogen) atoms. The number of ether oxygens (including phenoxy) is 1. The molecule has 0 unspecified atom stereocenters. The molecule has 0 radical (unpaired) electrons. The molecule has 7 nitrogen and oxygen atoms in total. The second-order valence-electron chi connectivity index (χ2n) is 10.2. The van der Waals surface area contributed by atoms with Gasteiger partial charge < -0.3 is 15.0 Å². The number of thiophene rings is 1. The number of rotatable bonds is 6. The standard InChI is InChI=1S/C24H33N3O4S/c1-2-31-22(29)19-3-8-32-21(19)25-20(28)15-26-4-6-27(7-5-26)23(30)24-12-16-9-17(13-24)11-18(10-16)14-24/h3,8,16-18H,2,4-7,9-15H2,1H3,(H,25,28). The predicted octanol–water partition coefficient (Wildman–Crippen LogP) is 3.22. The summed E-state index contributed by atoms with van der Waals surface area (Å²) in [6, 6.07) is 1.67. The van der Waals surface area contributed by atoms with Crippen LogP contribution < -0.4 is 5.32 Å². The molecule has 1 aliphatic heterocycles. The van der Waals surface area contributed by atoms with E-state index in [9.17, 15) is 14.4 Å². The van der Waals surface area contributed by atoms with Crippen LogP contribution in [0.4, 0.5) is 5.00 Å². The smallest absolute Gasteiger partial charge is 0.341 e. The number of hydrogen-bond donors (Lipinski definition) is 1. The zero-order valence-electron chi connectivity index (χ0n) is 18.8. The quantitative estimate of drug-likeness (QED) is 0.661. The van der Waals surface area contributed by atoms with Crippen LogP contribution in [-0.4, -0.2) is 66.9 Å². The molecule has 5 fully saturated rings. The van der Waals surface area contributed by atoms with Gasteiger partial charge in [-0.25, -0.2) is 4.79 Å². The second kappa shape index (κ2) is 8.78. The van der Waals surface area contributed by atoms with Crippen molar-refractivity contribution in [1.29, 1.82) is 0 Å². The molecule has 6 rings (SSSR count). The van der Waals surface area contributed by atoms with Crippen molar-refractivity contribution in [2.75, 3.05) is 44.6 Å². The van der Waals surface area contributed by atoms with Gasteiger partial charge in [-0.3, -0.25) is 14.5 Å². The van der Waals surface area contributed by atoms with Crippen LogP contribution >= 0.6 is 11.3 Å². The fourth-order valence-corrected chi connectivity index (χ4v) is 7.75. The van der Waals surface area contributed by atoms with Gasteiger partial charge in [0.05, 0.1) is 24.1 Å². The van der Waals surface area contributed by atoms with Crippen molar-refractivity contribution >= 4 is 34.1 Å². The van der Waals surface area contributed by atoms with E-state index in [1.807, 2.05) is 0 Å². The lowest BCUT2D eigenvalue weighted by Crippen LogP contribution is -2.58. The van der Waals surface area contributed by atoms with E-state index in [-0.39, 0.29) is 17.9 Å². The number of nitrogens with one attached hydrogen (secondary N) is 1. The molecule has 8 heteroatoms. The normalized spacial score (nSPS) is 31.5. The molecule has 1 saturated heterocycles. The highest BCUT2D eigenvalue weighted by Gasteiger charge is 2.55. The largest absolute Gasteiger partial charge is 0.462 e. The van der Waals surface area contributed by atoms with E-state index in [1.54, 1.807) is 18.4 Å². The lowest BCUT2D eigenvalue weighted by Gasteiger charge is -2.57. The first-order valence-electron chi connectivity index (χ1n) is 12.0. The van der Waals surface area contributed by atoms with Crippen LogP contribution in [0, 0.1) is 23.2 Å². The summed E-state index contributed by atoms with van der Waals surface area (Å²) >= 11 is 1.32. The third-order valence-corrected chi connectivity index (χ3v) is 8.76. The second-order valence-corrected chi connectivity index (χ2v) is 11.1. The summed E-state index contributed by atoms with van der Waals surface area (Å²) in [5.41, 5.74) is 0.313. The van der Waals surface area contributed by atoms with Crippen LogP contribution in [0.5, 0.6) is 0 Å². The molecule has 0 atom stereocenters. The van der Waals surface area contributed by atoms with E-state index < -0.39 is 5.97 Å². The van der Waals surface area contributed by atoms with Crippen molar-refractivity contribution < 1.29 is 19.1 Å². The van der Waals surface area contributed by atoms with E-state index in [4.69, 9.17) is 4.74 Å². The molecule has 0 spiro atoms. The first-order valence-corrected chi connectivity index (χ1v) is 12.9. The predicted molar refractivity (Wildman–Crippen MR) is 123 cm³/mol. The van der Waals surface area contributed by atoms with Gasteiger partial charge in [-0.05, 0) is 74.6 Å². The van der Waals surface area contributed by atoms with E-state index in [2.05, 4.69) is 15.1 Å². The number of carbonyl (C=O) groups excluding carboxylic acids is 3. The molecule has 1 aromatic heterocycles. The summed E-state index contributed by atoms with van der Waals surface area (Å²) in [6.45, 7) is 5.13. The highest BCUT2D eigenvalue weighted by Crippen LogP contribution is 2.60. The average molecular weight is 460 g/mol. The first-order chi connectivity index (χ1) is 15.5. The monoisotopic (exact) mass is 459 g/mol. The number of esters is 1. The molecule has 2 amide bonds. The van der Waals surface area contributed by atoms with Gasteiger partial charge in [0.1, 0.15) is 5.00 Å². The van der Waals surface area contributed by atoms with Crippen molar-refractivity contribution in [2.45, 2.75) is 45.4 Å². The van der Waals surface area contributed by atoms with Gasteiger partial charge in [-0.1, -0.05) is 0 Å². The summed E-state index contributed by atoms with van der Waals surface area (Å²) in [5, 5.41) is 5.16. The minimum absolute atomic E-state index is 0.0863. The van der Waals surface area contributed by atoms with Crippen molar-refractivity contribution in [3.63, 3.8) is 0 Å². The van der Waals surface area contributed by atoms with E-state index in [0.29, 0.717) is 49.3 Å². The number of nitrogens with zero attached hydrogens (tertiary/aromatic N) is 2. The van der Waals surface area contributed by atoms with E-state index in [1.165, 1.54) is 30.6 Å². The molecule has 1 aromatic rings. The molecule has 4 bridgehead atoms. The Labute approximate surface area is 193 Å². The van der Waals surface area contributed by atoms with Gasteiger partial charge in [-0.15, -0.1) is 11.3 Å². The number of hydrogen-bond acceptors (Lipinski definition) is 6. The number of carbonyl (C=O) groups is 3. The number of piperazine rings is 1. The Bertz CT molecular complexity index is 854. The maximum absolute atomic E-state index is 13.5. The summed E-state index contributed by atoms with van der Waals surface area (Å²) in [4.78, 5) is 42.3. The van der Waals surface area contributed by atoms with Crippen molar-refractivity contribution in [3.8, 4) is 0 Å². The van der Waals surface area contributed by atoms with E-state index >= 15 is 0 Å². The molecule has 1 N–H and O–H groups in total. The van der Waals surface area contributed by atoms with Crippen LogP contribution in [0.25, 0.3) is 0 Å². The molecular weight excluding hydrogens is 426 g/mol. The van der Waals surface area contributed by atoms with Crippen LogP contribution in [0.15, 0.2) is 11.4 Å². The number of amides is 2. The third kappa shape index (κ3) is 4.19. The SMILES string of the molecule is CCOC(=O)c1ccsc1NC(=O)CN1CCN(C(=O)C23CC4CC(CC(C4)C2)C3)CC1. The van der Waals surface area contributed by atoms with Crippen molar-refractivity contribution in [2.24, 2.45) is 23.2 Å². The van der Waals surface area contributed by atoms with Gasteiger partial charge in [0, 0.05) is 26.2 Å². The van der Waals surface area contributed by atoms with Gasteiger partial charge >= 0.3 is 5.97 Å². The van der Waals surface area contributed by atoms with Gasteiger partial charge in [0.25, 0.3) is 0 Å². The van der Waals surface area contributed by atoms with Crippen LogP contribution in [0.1, 0.15) is 55.8 Å². The Balaban J connectivity index is 1.12. The van der Waals surface area contributed by atoms with E-state index in [0.717, 1.165) is 37.0 Å². The van der Waals surface area contributed by atoms with Gasteiger partial charge in [-0.2, -0.15) is 0 Å². The highest BCUT2D eigenvalue weighted by molar-refractivity contribution is 7.14. The minimum atomic E-state index is -0.416. The molecule has 4 aliphatic carbocycles. The molecule has 5 aliphatic rings. The van der Waals surface area contributed by atoms with Gasteiger partial charge in [0.15, 0.2) is 0 Å². The highest BCUT2D eigenvalue weighted by atomic mass is 32.1. The van der Waals surface area contributed by atoms with Crippen LogP contribution in [0.2, 0.25) is 0 Å². The maximum atomic E-state index is 13.5. The fraction of sp³-hybridized carbons (Fsp3) is 0.708.